The maximum Gasteiger partial charge on any atom is 0.152 e. The van der Waals surface area contributed by atoms with E-state index in [4.69, 9.17) is 16.4 Å². The lowest BCUT2D eigenvalue weighted by Crippen LogP contribution is -2.38. The van der Waals surface area contributed by atoms with E-state index in [9.17, 15) is 0 Å². The highest BCUT2D eigenvalue weighted by Crippen LogP contribution is 2.06. The third kappa shape index (κ3) is 2.05. The first-order valence-corrected chi connectivity index (χ1v) is 5.01. The topological polar surface area (TPSA) is 33.6 Å². The van der Waals surface area contributed by atoms with Crippen LogP contribution in [0, 0.1) is 0 Å². The maximum absolute atomic E-state index is 5.64. The van der Waals surface area contributed by atoms with Crippen molar-refractivity contribution in [1.82, 2.24) is 5.48 Å². The van der Waals surface area contributed by atoms with Crippen molar-refractivity contribution in [3.63, 3.8) is 0 Å². The van der Waals surface area contributed by atoms with Gasteiger partial charge >= 0.3 is 0 Å². The summed E-state index contributed by atoms with van der Waals surface area (Å²) in [6.07, 6.45) is -0.0240. The summed E-state index contributed by atoms with van der Waals surface area (Å²) in [6.45, 7) is 0.612. The normalized spacial score (nSPS) is 21.2. The molecule has 1 aromatic carbocycles. The van der Waals surface area contributed by atoms with Gasteiger partial charge in [-0.05, 0) is 0 Å². The van der Waals surface area contributed by atoms with Crippen LogP contribution in [0.2, 0.25) is 0 Å². The number of halogens is 1. The first-order valence-electron chi connectivity index (χ1n) is 4.47. The van der Waals surface area contributed by atoms with Crippen LogP contribution in [0.1, 0.15) is 5.56 Å². The number of hydroxylamine groups is 1. The molecule has 4 heteroatoms. The van der Waals surface area contributed by atoms with Crippen LogP contribution in [0.5, 0.6) is 0 Å². The first kappa shape index (κ1) is 9.49. The highest BCUT2D eigenvalue weighted by molar-refractivity contribution is 6.18. The Morgan fingerprint density at radius 2 is 2.21 bits per heavy atom. The van der Waals surface area contributed by atoms with Crippen LogP contribution >= 0.6 is 11.6 Å². The van der Waals surface area contributed by atoms with Crippen LogP contribution < -0.4 is 5.48 Å². The number of hydrogen-bond acceptors (Lipinski definition) is 3. The van der Waals surface area contributed by atoms with Crippen molar-refractivity contribution in [1.29, 1.82) is 0 Å². The molecule has 1 atom stereocenters. The summed E-state index contributed by atoms with van der Waals surface area (Å²) < 4.78 is 0. The van der Waals surface area contributed by atoms with Crippen LogP contribution in [0.25, 0.3) is 0 Å². The van der Waals surface area contributed by atoms with Gasteiger partial charge in [-0.1, -0.05) is 30.3 Å². The van der Waals surface area contributed by atoms with Crippen molar-refractivity contribution in [2.45, 2.75) is 6.10 Å². The number of benzene rings is 1. The second kappa shape index (κ2) is 4.44. The number of hydrogen-bond donors (Lipinski definition) is 1. The number of nitrogens with zero attached hydrogens (tertiary/aromatic N) is 1. The van der Waals surface area contributed by atoms with Gasteiger partial charge in [-0.3, -0.25) is 9.83 Å². The molecule has 3 nitrogen and oxygen atoms in total. The minimum atomic E-state index is -0.0240. The van der Waals surface area contributed by atoms with Crippen LogP contribution in [0.4, 0.5) is 0 Å². The Morgan fingerprint density at radius 1 is 1.43 bits per heavy atom. The van der Waals surface area contributed by atoms with Crippen molar-refractivity contribution in [2.75, 3.05) is 12.4 Å². The second-order valence-electron chi connectivity index (χ2n) is 3.05. The fourth-order valence-corrected chi connectivity index (χ4v) is 1.39. The van der Waals surface area contributed by atoms with Gasteiger partial charge in [-0.25, -0.2) is 5.48 Å². The van der Waals surface area contributed by atoms with E-state index in [0.717, 1.165) is 11.4 Å². The van der Waals surface area contributed by atoms with Gasteiger partial charge in [0.15, 0.2) is 5.84 Å². The third-order valence-corrected chi connectivity index (χ3v) is 2.34. The molecule has 0 radical (unpaired) electrons. The average molecular weight is 211 g/mol. The fourth-order valence-electron chi connectivity index (χ4n) is 1.23. The molecular weight excluding hydrogens is 200 g/mol. The standard InChI is InChI=1S/C10H11ClN2O/c11-6-9-7-12-10(13-14-9)8-4-2-1-3-5-8/h1-5,9H,6-7H2,(H,12,13). The SMILES string of the molecule is ClCC1CN=C(c2ccccc2)NO1. The Balaban J connectivity index is 2.11. The van der Waals surface area contributed by atoms with Gasteiger partial charge in [-0.15, -0.1) is 11.6 Å². The summed E-state index contributed by atoms with van der Waals surface area (Å²) in [6, 6.07) is 9.86. The Bertz CT molecular complexity index is 326. The fraction of sp³-hybridized carbons (Fsp3) is 0.300. The summed E-state index contributed by atoms with van der Waals surface area (Å²) in [4.78, 5) is 9.63. The second-order valence-corrected chi connectivity index (χ2v) is 3.36. The Hall–Kier alpha value is -1.06. The number of rotatable bonds is 2. The smallest absolute Gasteiger partial charge is 0.152 e. The van der Waals surface area contributed by atoms with Crippen molar-refractivity contribution in [3.05, 3.63) is 35.9 Å². The molecule has 0 aromatic heterocycles. The van der Waals surface area contributed by atoms with E-state index in [-0.39, 0.29) is 6.10 Å². The van der Waals surface area contributed by atoms with E-state index in [1.807, 2.05) is 30.3 Å². The van der Waals surface area contributed by atoms with Gasteiger partial charge in [0, 0.05) is 5.56 Å². The molecule has 1 aliphatic heterocycles. The first-order chi connectivity index (χ1) is 6.90. The van der Waals surface area contributed by atoms with Crippen LogP contribution in [0.15, 0.2) is 35.3 Å². The Morgan fingerprint density at radius 3 is 2.79 bits per heavy atom. The predicted octanol–water partition coefficient (Wildman–Crippen LogP) is 1.58. The predicted molar refractivity (Wildman–Crippen MR) is 56.6 cm³/mol. The largest absolute Gasteiger partial charge is 0.268 e. The third-order valence-electron chi connectivity index (χ3n) is 1.99. The van der Waals surface area contributed by atoms with Crippen LogP contribution in [-0.2, 0) is 4.84 Å². The summed E-state index contributed by atoms with van der Waals surface area (Å²) in [7, 11) is 0. The molecule has 0 spiro atoms. The van der Waals surface area contributed by atoms with Gasteiger partial charge in [0.1, 0.15) is 6.10 Å². The monoisotopic (exact) mass is 210 g/mol. The molecule has 0 amide bonds. The molecule has 0 bridgehead atoms. The van der Waals surface area contributed by atoms with Crippen molar-refractivity contribution in [2.24, 2.45) is 4.99 Å². The molecule has 0 saturated heterocycles. The molecule has 1 aromatic rings. The molecular formula is C10H11ClN2O. The van der Waals surface area contributed by atoms with E-state index in [1.165, 1.54) is 0 Å². The maximum atomic E-state index is 5.64. The summed E-state index contributed by atoms with van der Waals surface area (Å²) in [5.41, 5.74) is 3.83. The average Bonchev–Trinajstić information content (AvgIpc) is 2.30. The quantitative estimate of drug-likeness (QED) is 0.752. The summed E-state index contributed by atoms with van der Waals surface area (Å²) in [5, 5.41) is 0. The minimum absolute atomic E-state index is 0.0240. The molecule has 1 unspecified atom stereocenters. The Kier molecular flexibility index (Phi) is 3.01. The molecule has 0 fully saturated rings. The molecule has 0 saturated carbocycles. The van der Waals surface area contributed by atoms with E-state index in [0.29, 0.717) is 12.4 Å². The lowest BCUT2D eigenvalue weighted by atomic mass is 10.2. The van der Waals surface area contributed by atoms with Gasteiger partial charge in [0.2, 0.25) is 0 Å². The highest BCUT2D eigenvalue weighted by atomic mass is 35.5. The molecule has 1 N–H and O–H groups in total. The highest BCUT2D eigenvalue weighted by Gasteiger charge is 2.15. The van der Waals surface area contributed by atoms with E-state index in [1.54, 1.807) is 0 Å². The molecule has 1 heterocycles. The summed E-state index contributed by atoms with van der Waals surface area (Å²) >= 11 is 5.64. The molecule has 2 rings (SSSR count). The van der Waals surface area contributed by atoms with Gasteiger partial charge in [-0.2, -0.15) is 0 Å². The van der Waals surface area contributed by atoms with Crippen molar-refractivity contribution >= 4 is 17.4 Å². The number of alkyl halides is 1. The van der Waals surface area contributed by atoms with E-state index >= 15 is 0 Å². The van der Waals surface area contributed by atoms with Crippen molar-refractivity contribution < 1.29 is 4.84 Å². The van der Waals surface area contributed by atoms with E-state index in [2.05, 4.69) is 10.5 Å². The zero-order chi connectivity index (χ0) is 9.80. The molecule has 1 aliphatic rings. The lowest BCUT2D eigenvalue weighted by molar-refractivity contribution is 0.0205. The molecule has 14 heavy (non-hydrogen) atoms. The van der Waals surface area contributed by atoms with Gasteiger partial charge in [0.05, 0.1) is 12.4 Å². The van der Waals surface area contributed by atoms with Crippen LogP contribution in [0.3, 0.4) is 0 Å². The Labute approximate surface area is 87.7 Å². The van der Waals surface area contributed by atoms with E-state index < -0.39 is 0 Å². The van der Waals surface area contributed by atoms with Gasteiger partial charge in [0.25, 0.3) is 0 Å². The number of nitrogens with one attached hydrogen (secondary N) is 1. The zero-order valence-electron chi connectivity index (χ0n) is 7.61. The summed E-state index contributed by atoms with van der Waals surface area (Å²) in [5.74, 6) is 1.23. The van der Waals surface area contributed by atoms with Gasteiger partial charge < -0.3 is 0 Å². The minimum Gasteiger partial charge on any atom is -0.268 e. The number of amidine groups is 1. The lowest BCUT2D eigenvalue weighted by Gasteiger charge is -2.21. The molecule has 74 valence electrons. The zero-order valence-corrected chi connectivity index (χ0v) is 8.37. The number of aliphatic imine (C=N–C) groups is 1. The molecule has 0 aliphatic carbocycles. The van der Waals surface area contributed by atoms with Crippen molar-refractivity contribution in [3.8, 4) is 0 Å². The van der Waals surface area contributed by atoms with Crippen LogP contribution in [-0.4, -0.2) is 24.4 Å².